The number of ether oxygens (including phenoxy) is 1. The number of thiophene rings is 1. The first-order valence-electron chi connectivity index (χ1n) is 5.59. The second kappa shape index (κ2) is 4.87. The lowest BCUT2D eigenvalue weighted by atomic mass is 10.3. The van der Waals surface area contributed by atoms with Gasteiger partial charge in [-0.15, -0.1) is 0 Å². The molecule has 0 unspecified atom stereocenters. The maximum atomic E-state index is 10.8. The molecular formula is C10H9ClN4O3S. The highest BCUT2D eigenvalue weighted by atomic mass is 35.5. The Balaban J connectivity index is 2.13. The van der Waals surface area contributed by atoms with Crippen molar-refractivity contribution in [3.05, 3.63) is 21.5 Å². The average Bonchev–Trinajstić information content (AvgIpc) is 2.82. The SMILES string of the molecule is O=[N+]([O-])c1cc2nc(Cl)nc(N3CCOCC3)c2s1. The number of anilines is 1. The van der Waals surface area contributed by atoms with Crippen LogP contribution in [0.2, 0.25) is 5.28 Å². The molecule has 1 fully saturated rings. The molecule has 0 saturated carbocycles. The van der Waals surface area contributed by atoms with Crippen LogP contribution in [0, 0.1) is 10.1 Å². The molecule has 0 amide bonds. The van der Waals surface area contributed by atoms with Crippen LogP contribution in [-0.4, -0.2) is 41.2 Å². The zero-order chi connectivity index (χ0) is 13.4. The average molecular weight is 301 g/mol. The minimum absolute atomic E-state index is 0.0427. The van der Waals surface area contributed by atoms with Crippen LogP contribution in [0.3, 0.4) is 0 Å². The maximum Gasteiger partial charge on any atom is 0.327 e. The van der Waals surface area contributed by atoms with Crippen LogP contribution in [0.5, 0.6) is 0 Å². The van der Waals surface area contributed by atoms with Gasteiger partial charge in [-0.2, -0.15) is 4.98 Å². The number of nitro groups is 1. The minimum Gasteiger partial charge on any atom is -0.378 e. The van der Waals surface area contributed by atoms with E-state index in [1.807, 2.05) is 4.90 Å². The number of rotatable bonds is 2. The second-order valence-corrected chi connectivity index (χ2v) is 5.34. The van der Waals surface area contributed by atoms with Crippen molar-refractivity contribution in [1.82, 2.24) is 9.97 Å². The molecule has 0 radical (unpaired) electrons. The first kappa shape index (κ1) is 12.5. The normalized spacial score (nSPS) is 15.9. The number of nitrogens with zero attached hydrogens (tertiary/aromatic N) is 4. The summed E-state index contributed by atoms with van der Waals surface area (Å²) in [4.78, 5) is 20.7. The van der Waals surface area contributed by atoms with Gasteiger partial charge in [0.05, 0.1) is 29.7 Å². The summed E-state index contributed by atoms with van der Waals surface area (Å²) in [7, 11) is 0. The van der Waals surface area contributed by atoms with Crippen LogP contribution in [0.4, 0.5) is 10.8 Å². The van der Waals surface area contributed by atoms with Gasteiger partial charge < -0.3 is 9.64 Å². The molecule has 0 N–H and O–H groups in total. The molecule has 2 aromatic rings. The van der Waals surface area contributed by atoms with Crippen LogP contribution in [0.25, 0.3) is 10.2 Å². The third-order valence-electron chi connectivity index (χ3n) is 2.80. The number of halogens is 1. The highest BCUT2D eigenvalue weighted by Gasteiger charge is 2.21. The molecule has 0 atom stereocenters. The van der Waals surface area contributed by atoms with Crippen LogP contribution in [0.1, 0.15) is 0 Å². The summed E-state index contributed by atoms with van der Waals surface area (Å²) in [6.45, 7) is 2.59. The molecule has 0 spiro atoms. The second-order valence-electron chi connectivity index (χ2n) is 3.97. The van der Waals surface area contributed by atoms with Crippen molar-refractivity contribution < 1.29 is 9.66 Å². The number of hydrogen-bond donors (Lipinski definition) is 0. The summed E-state index contributed by atoms with van der Waals surface area (Å²) >= 11 is 6.96. The van der Waals surface area contributed by atoms with E-state index in [9.17, 15) is 10.1 Å². The monoisotopic (exact) mass is 300 g/mol. The van der Waals surface area contributed by atoms with Crippen LogP contribution < -0.4 is 4.90 Å². The molecule has 9 heteroatoms. The molecule has 0 bridgehead atoms. The van der Waals surface area contributed by atoms with Crippen LogP contribution in [0.15, 0.2) is 6.07 Å². The number of hydrogen-bond acceptors (Lipinski definition) is 7. The Morgan fingerprint density at radius 3 is 2.84 bits per heavy atom. The van der Waals surface area contributed by atoms with Gasteiger partial charge in [0.1, 0.15) is 4.70 Å². The molecule has 1 saturated heterocycles. The Morgan fingerprint density at radius 2 is 2.16 bits per heavy atom. The van der Waals surface area contributed by atoms with E-state index in [0.717, 1.165) is 11.3 Å². The zero-order valence-electron chi connectivity index (χ0n) is 9.71. The fraction of sp³-hybridized carbons (Fsp3) is 0.400. The Bertz CT molecular complexity index is 641. The Labute approximate surface area is 116 Å². The molecule has 0 aliphatic carbocycles. The molecule has 100 valence electrons. The lowest BCUT2D eigenvalue weighted by molar-refractivity contribution is -0.380. The van der Waals surface area contributed by atoms with Crippen LogP contribution >= 0.6 is 22.9 Å². The lowest BCUT2D eigenvalue weighted by Gasteiger charge is -2.27. The lowest BCUT2D eigenvalue weighted by Crippen LogP contribution is -2.36. The summed E-state index contributed by atoms with van der Waals surface area (Å²) < 4.78 is 5.98. The summed E-state index contributed by atoms with van der Waals surface area (Å²) in [5.41, 5.74) is 0.512. The standard InChI is InChI=1S/C10H9ClN4O3S/c11-10-12-6-5-7(15(16)17)19-8(6)9(13-10)14-1-3-18-4-2-14/h5H,1-4H2. The highest BCUT2D eigenvalue weighted by molar-refractivity contribution is 7.22. The van der Waals surface area contributed by atoms with Gasteiger partial charge >= 0.3 is 5.00 Å². The minimum atomic E-state index is -0.427. The third-order valence-corrected chi connectivity index (χ3v) is 4.04. The molecule has 2 aromatic heterocycles. The van der Waals surface area contributed by atoms with Gasteiger partial charge in [0.2, 0.25) is 5.28 Å². The number of aromatic nitrogens is 2. The van der Waals surface area contributed by atoms with Crippen molar-refractivity contribution in [2.24, 2.45) is 0 Å². The van der Waals surface area contributed by atoms with Gasteiger partial charge in [-0.1, -0.05) is 11.3 Å². The van der Waals surface area contributed by atoms with E-state index >= 15 is 0 Å². The molecule has 19 heavy (non-hydrogen) atoms. The van der Waals surface area contributed by atoms with Crippen molar-refractivity contribution in [3.8, 4) is 0 Å². The van der Waals surface area contributed by atoms with E-state index < -0.39 is 4.92 Å². The smallest absolute Gasteiger partial charge is 0.327 e. The van der Waals surface area contributed by atoms with Gasteiger partial charge in [0, 0.05) is 13.1 Å². The van der Waals surface area contributed by atoms with Gasteiger partial charge in [-0.3, -0.25) is 10.1 Å². The molecule has 3 heterocycles. The van der Waals surface area contributed by atoms with E-state index in [1.165, 1.54) is 6.07 Å². The fourth-order valence-electron chi connectivity index (χ4n) is 1.95. The number of morpholine rings is 1. The van der Waals surface area contributed by atoms with Gasteiger partial charge in [0.15, 0.2) is 5.82 Å². The molecule has 1 aliphatic heterocycles. The van der Waals surface area contributed by atoms with E-state index in [0.29, 0.717) is 42.3 Å². The zero-order valence-corrected chi connectivity index (χ0v) is 11.3. The molecule has 3 rings (SSSR count). The molecule has 0 aromatic carbocycles. The molecule has 1 aliphatic rings. The quantitative estimate of drug-likeness (QED) is 0.480. The largest absolute Gasteiger partial charge is 0.378 e. The number of fused-ring (bicyclic) bond motifs is 1. The molecule has 7 nitrogen and oxygen atoms in total. The van der Waals surface area contributed by atoms with E-state index in [1.54, 1.807) is 0 Å². The van der Waals surface area contributed by atoms with Crippen molar-refractivity contribution in [2.45, 2.75) is 0 Å². The summed E-state index contributed by atoms with van der Waals surface area (Å²) in [5, 5.41) is 11.0. The van der Waals surface area contributed by atoms with Crippen molar-refractivity contribution in [3.63, 3.8) is 0 Å². The first-order chi connectivity index (χ1) is 9.15. The van der Waals surface area contributed by atoms with E-state index in [4.69, 9.17) is 16.3 Å². The predicted octanol–water partition coefficient (Wildman–Crippen LogP) is 2.09. The topological polar surface area (TPSA) is 81.4 Å². The van der Waals surface area contributed by atoms with Crippen molar-refractivity contribution in [1.29, 1.82) is 0 Å². The van der Waals surface area contributed by atoms with E-state index in [2.05, 4.69) is 9.97 Å². The van der Waals surface area contributed by atoms with Gasteiger partial charge in [-0.05, 0) is 11.6 Å². The summed E-state index contributed by atoms with van der Waals surface area (Å²) in [5.74, 6) is 0.649. The fourth-order valence-corrected chi connectivity index (χ4v) is 3.05. The predicted molar refractivity (Wildman–Crippen MR) is 72.1 cm³/mol. The Kier molecular flexibility index (Phi) is 3.21. The van der Waals surface area contributed by atoms with Crippen molar-refractivity contribution >= 4 is 44.0 Å². The third kappa shape index (κ3) is 2.34. The van der Waals surface area contributed by atoms with Gasteiger partial charge in [-0.25, -0.2) is 4.98 Å². The molecular weight excluding hydrogens is 292 g/mol. The van der Waals surface area contributed by atoms with Gasteiger partial charge in [0.25, 0.3) is 0 Å². The first-order valence-corrected chi connectivity index (χ1v) is 6.79. The summed E-state index contributed by atoms with van der Waals surface area (Å²) in [6.07, 6.45) is 0. The summed E-state index contributed by atoms with van der Waals surface area (Å²) in [6, 6.07) is 1.43. The highest BCUT2D eigenvalue weighted by Crippen LogP contribution is 2.36. The van der Waals surface area contributed by atoms with E-state index in [-0.39, 0.29) is 10.3 Å². The Hall–Kier alpha value is -1.51. The Morgan fingerprint density at radius 1 is 1.42 bits per heavy atom. The maximum absolute atomic E-state index is 10.8. The van der Waals surface area contributed by atoms with Crippen molar-refractivity contribution in [2.75, 3.05) is 31.2 Å². The van der Waals surface area contributed by atoms with Crippen LogP contribution in [-0.2, 0) is 4.74 Å².